The number of hydrogen-bond acceptors (Lipinski definition) is 4. The van der Waals surface area contributed by atoms with Gasteiger partial charge in [-0.25, -0.2) is 4.79 Å². The fourth-order valence-corrected chi connectivity index (χ4v) is 4.49. The summed E-state index contributed by atoms with van der Waals surface area (Å²) in [5.41, 5.74) is 2.53. The minimum atomic E-state index is -0.652. The first-order valence-corrected chi connectivity index (χ1v) is 8.61. The van der Waals surface area contributed by atoms with Crippen LogP contribution in [0.2, 0.25) is 0 Å². The van der Waals surface area contributed by atoms with Gasteiger partial charge in [-0.3, -0.25) is 4.79 Å². The van der Waals surface area contributed by atoms with Crippen molar-refractivity contribution in [1.82, 2.24) is 0 Å². The Hall–Kier alpha value is -2.02. The SMILES string of the molecule is C#CCCC(=O)O[C@]1(C)CCC2=C(C)CC[C@H]3C(=C)C(=O)O[C@@H]3C21. The highest BCUT2D eigenvalue weighted by atomic mass is 16.6. The molecule has 0 radical (unpaired) electrons. The minimum Gasteiger partial charge on any atom is -0.459 e. The van der Waals surface area contributed by atoms with E-state index in [1.807, 2.05) is 6.92 Å². The smallest absolute Gasteiger partial charge is 0.334 e. The first kappa shape index (κ1) is 16.8. The Balaban J connectivity index is 1.91. The molecule has 1 saturated heterocycles. The van der Waals surface area contributed by atoms with Gasteiger partial charge in [0.05, 0.1) is 12.3 Å². The van der Waals surface area contributed by atoms with Gasteiger partial charge in [-0.1, -0.05) is 17.7 Å². The molecular formula is C20H24O4. The molecule has 2 fully saturated rings. The molecule has 2 aliphatic carbocycles. The highest BCUT2D eigenvalue weighted by Crippen LogP contribution is 2.53. The predicted molar refractivity (Wildman–Crippen MR) is 89.7 cm³/mol. The third-order valence-corrected chi connectivity index (χ3v) is 5.80. The highest BCUT2D eigenvalue weighted by molar-refractivity contribution is 5.91. The van der Waals surface area contributed by atoms with E-state index in [-0.39, 0.29) is 36.3 Å². The molecule has 0 amide bonds. The summed E-state index contributed by atoms with van der Waals surface area (Å²) in [6.45, 7) is 8.03. The molecule has 3 aliphatic rings. The molecule has 4 heteroatoms. The Labute approximate surface area is 143 Å². The van der Waals surface area contributed by atoms with Crippen molar-refractivity contribution in [2.45, 2.75) is 64.1 Å². The van der Waals surface area contributed by atoms with Gasteiger partial charge >= 0.3 is 11.9 Å². The van der Waals surface area contributed by atoms with E-state index in [0.717, 1.165) is 25.7 Å². The molecule has 0 N–H and O–H groups in total. The summed E-state index contributed by atoms with van der Waals surface area (Å²) in [5.74, 6) is 1.81. The van der Waals surface area contributed by atoms with Crippen LogP contribution in [0.4, 0.5) is 0 Å². The lowest BCUT2D eigenvalue weighted by atomic mass is 9.79. The Kier molecular flexibility index (Phi) is 4.29. The van der Waals surface area contributed by atoms with Crippen LogP contribution < -0.4 is 0 Å². The number of ether oxygens (including phenoxy) is 2. The number of terminal acetylenes is 1. The van der Waals surface area contributed by atoms with Crippen molar-refractivity contribution >= 4 is 11.9 Å². The summed E-state index contributed by atoms with van der Waals surface area (Å²) in [5, 5.41) is 0. The molecule has 24 heavy (non-hydrogen) atoms. The normalized spacial score (nSPS) is 35.0. The van der Waals surface area contributed by atoms with E-state index in [1.54, 1.807) is 0 Å². The van der Waals surface area contributed by atoms with Gasteiger partial charge in [0.1, 0.15) is 11.7 Å². The molecule has 0 bridgehead atoms. The van der Waals surface area contributed by atoms with Crippen LogP contribution in [0, 0.1) is 24.2 Å². The Morgan fingerprint density at radius 1 is 1.50 bits per heavy atom. The molecular weight excluding hydrogens is 304 g/mol. The Morgan fingerprint density at radius 2 is 2.25 bits per heavy atom. The summed E-state index contributed by atoms with van der Waals surface area (Å²) in [4.78, 5) is 24.2. The highest BCUT2D eigenvalue weighted by Gasteiger charge is 2.56. The van der Waals surface area contributed by atoms with Crippen LogP contribution in [0.15, 0.2) is 23.3 Å². The summed E-state index contributed by atoms with van der Waals surface area (Å²) >= 11 is 0. The molecule has 3 rings (SSSR count). The summed E-state index contributed by atoms with van der Waals surface area (Å²) in [6, 6.07) is 0. The molecule has 1 unspecified atom stereocenters. The predicted octanol–water partition coefficient (Wildman–Crippen LogP) is 3.32. The molecule has 4 nitrogen and oxygen atoms in total. The van der Waals surface area contributed by atoms with Gasteiger partial charge in [-0.2, -0.15) is 0 Å². The quantitative estimate of drug-likeness (QED) is 0.345. The monoisotopic (exact) mass is 328 g/mol. The van der Waals surface area contributed by atoms with Crippen molar-refractivity contribution in [3.8, 4) is 12.3 Å². The number of carbonyl (C=O) groups is 2. The van der Waals surface area contributed by atoms with Crippen molar-refractivity contribution in [3.05, 3.63) is 23.3 Å². The summed E-state index contributed by atoms with van der Waals surface area (Å²) in [7, 11) is 0. The van der Waals surface area contributed by atoms with E-state index in [1.165, 1.54) is 11.1 Å². The second-order valence-electron chi connectivity index (χ2n) is 7.31. The van der Waals surface area contributed by atoms with Crippen molar-refractivity contribution < 1.29 is 19.1 Å². The maximum atomic E-state index is 12.2. The zero-order chi connectivity index (χ0) is 17.5. The van der Waals surface area contributed by atoms with Gasteiger partial charge in [0.15, 0.2) is 0 Å². The van der Waals surface area contributed by atoms with E-state index >= 15 is 0 Å². The summed E-state index contributed by atoms with van der Waals surface area (Å²) < 4.78 is 11.5. The van der Waals surface area contributed by atoms with Gasteiger partial charge in [0, 0.05) is 17.9 Å². The van der Waals surface area contributed by atoms with E-state index in [4.69, 9.17) is 15.9 Å². The van der Waals surface area contributed by atoms with E-state index in [0.29, 0.717) is 12.0 Å². The molecule has 1 heterocycles. The number of carbonyl (C=O) groups excluding carboxylic acids is 2. The third kappa shape index (κ3) is 2.66. The maximum absolute atomic E-state index is 12.2. The largest absolute Gasteiger partial charge is 0.459 e. The number of allylic oxidation sites excluding steroid dienone is 1. The molecule has 128 valence electrons. The zero-order valence-electron chi connectivity index (χ0n) is 14.4. The molecule has 1 saturated carbocycles. The summed E-state index contributed by atoms with van der Waals surface area (Å²) in [6.07, 6.45) is 8.98. The molecule has 1 aliphatic heterocycles. The fourth-order valence-electron chi connectivity index (χ4n) is 4.49. The topological polar surface area (TPSA) is 52.6 Å². The first-order chi connectivity index (χ1) is 11.4. The Bertz CT molecular complexity index is 666. The first-order valence-electron chi connectivity index (χ1n) is 8.61. The van der Waals surface area contributed by atoms with Gasteiger partial charge in [0.2, 0.25) is 0 Å². The van der Waals surface area contributed by atoms with Crippen LogP contribution in [0.1, 0.15) is 52.4 Å². The van der Waals surface area contributed by atoms with Crippen LogP contribution in [0.5, 0.6) is 0 Å². The van der Waals surface area contributed by atoms with E-state index in [9.17, 15) is 9.59 Å². The number of esters is 2. The average Bonchev–Trinajstić information content (AvgIpc) is 2.95. The maximum Gasteiger partial charge on any atom is 0.334 e. The van der Waals surface area contributed by atoms with Crippen molar-refractivity contribution in [3.63, 3.8) is 0 Å². The van der Waals surface area contributed by atoms with Gasteiger partial charge in [0.25, 0.3) is 0 Å². The second kappa shape index (κ2) is 6.12. The second-order valence-corrected chi connectivity index (χ2v) is 7.31. The van der Waals surface area contributed by atoms with Crippen LogP contribution in [0.3, 0.4) is 0 Å². The lowest BCUT2D eigenvalue weighted by Gasteiger charge is -2.36. The number of rotatable bonds is 3. The van der Waals surface area contributed by atoms with Gasteiger partial charge < -0.3 is 9.47 Å². The number of fused-ring (bicyclic) bond motifs is 3. The van der Waals surface area contributed by atoms with Crippen LogP contribution >= 0.6 is 0 Å². The van der Waals surface area contributed by atoms with Crippen LogP contribution in [-0.4, -0.2) is 23.6 Å². The van der Waals surface area contributed by atoms with Crippen LogP contribution in [0.25, 0.3) is 0 Å². The standard InChI is InChI=1S/C20H24O4/c1-5-6-7-16(21)24-20(4)11-10-14-12(2)8-9-15-13(3)19(22)23-18(15)17(14)20/h1,15,17-18H,3,6-11H2,2,4H3/t15-,17?,18-,20+/m0/s1. The lowest BCUT2D eigenvalue weighted by Crippen LogP contribution is -2.44. The fraction of sp³-hybridized carbons (Fsp3) is 0.600. The van der Waals surface area contributed by atoms with Crippen molar-refractivity contribution in [1.29, 1.82) is 0 Å². The molecule has 0 aromatic heterocycles. The van der Waals surface area contributed by atoms with Gasteiger partial charge in [-0.15, -0.1) is 12.3 Å². The molecule has 4 atom stereocenters. The van der Waals surface area contributed by atoms with Crippen molar-refractivity contribution in [2.75, 3.05) is 0 Å². The number of hydrogen-bond donors (Lipinski definition) is 0. The third-order valence-electron chi connectivity index (χ3n) is 5.80. The lowest BCUT2D eigenvalue weighted by molar-refractivity contribution is -0.167. The molecule has 0 aromatic carbocycles. The van der Waals surface area contributed by atoms with Crippen molar-refractivity contribution in [2.24, 2.45) is 11.8 Å². The minimum absolute atomic E-state index is 0.0109. The van der Waals surface area contributed by atoms with E-state index < -0.39 is 5.60 Å². The van der Waals surface area contributed by atoms with Crippen LogP contribution in [-0.2, 0) is 19.1 Å². The van der Waals surface area contributed by atoms with Gasteiger partial charge in [-0.05, 0) is 39.5 Å². The van der Waals surface area contributed by atoms with E-state index in [2.05, 4.69) is 19.4 Å². The Morgan fingerprint density at radius 3 is 2.96 bits per heavy atom. The zero-order valence-corrected chi connectivity index (χ0v) is 14.4. The average molecular weight is 328 g/mol. The molecule has 0 spiro atoms. The molecule has 0 aromatic rings.